The fourth-order valence-corrected chi connectivity index (χ4v) is 4.65. The van der Waals surface area contributed by atoms with Crippen LogP contribution in [-0.4, -0.2) is 37.0 Å². The van der Waals surface area contributed by atoms with Crippen LogP contribution in [0.5, 0.6) is 5.75 Å². The number of hydrogen-bond donors (Lipinski definition) is 2. The molecule has 5 rings (SSSR count). The van der Waals surface area contributed by atoms with Gasteiger partial charge in [0.25, 0.3) is 11.8 Å². The van der Waals surface area contributed by atoms with Crippen LogP contribution in [0.3, 0.4) is 0 Å². The number of nitrogens with zero attached hydrogens (tertiary/aromatic N) is 2. The average Bonchev–Trinajstić information content (AvgIpc) is 3.49. The van der Waals surface area contributed by atoms with Gasteiger partial charge in [0, 0.05) is 41.8 Å². The van der Waals surface area contributed by atoms with Crippen LogP contribution < -0.4 is 20.3 Å². The molecule has 192 valence electrons. The number of aromatic nitrogens is 1. The topological polar surface area (TPSA) is 83.6 Å². The second-order valence-electron chi connectivity index (χ2n) is 9.34. The first-order valence-corrected chi connectivity index (χ1v) is 12.7. The average molecular weight is 507 g/mol. The highest BCUT2D eigenvalue weighted by molar-refractivity contribution is 6.05. The second-order valence-corrected chi connectivity index (χ2v) is 9.34. The van der Waals surface area contributed by atoms with Gasteiger partial charge in [-0.2, -0.15) is 0 Å². The van der Waals surface area contributed by atoms with Crippen molar-refractivity contribution in [1.82, 2.24) is 4.98 Å². The van der Waals surface area contributed by atoms with Crippen LogP contribution in [-0.2, 0) is 0 Å². The van der Waals surface area contributed by atoms with E-state index in [1.807, 2.05) is 55.5 Å². The third kappa shape index (κ3) is 5.67. The van der Waals surface area contributed by atoms with Crippen molar-refractivity contribution in [2.45, 2.75) is 19.8 Å². The van der Waals surface area contributed by atoms with Gasteiger partial charge in [-0.3, -0.25) is 9.59 Å². The van der Waals surface area contributed by atoms with E-state index in [-0.39, 0.29) is 11.8 Å². The molecule has 1 aromatic heterocycles. The summed E-state index contributed by atoms with van der Waals surface area (Å²) in [7, 11) is 1.60. The quantitative estimate of drug-likeness (QED) is 0.313. The molecule has 2 amide bonds. The third-order valence-corrected chi connectivity index (χ3v) is 6.71. The molecule has 2 N–H and O–H groups in total. The van der Waals surface area contributed by atoms with Gasteiger partial charge in [-0.25, -0.2) is 4.98 Å². The predicted octanol–water partition coefficient (Wildman–Crippen LogP) is 6.17. The van der Waals surface area contributed by atoms with E-state index in [9.17, 15) is 9.59 Å². The molecule has 2 heterocycles. The zero-order valence-corrected chi connectivity index (χ0v) is 21.5. The molecule has 0 spiro atoms. The molecule has 0 radical (unpaired) electrons. The van der Waals surface area contributed by atoms with E-state index in [0.717, 1.165) is 54.2 Å². The SMILES string of the molecule is COc1ccc(NC(=O)c2ccc(-c3cccc(NC(=O)c4ccnc(N5CCCC5)c4)c3)c(C)c2)cc1. The number of hydrogen-bond acceptors (Lipinski definition) is 5. The molecule has 1 aliphatic rings. The smallest absolute Gasteiger partial charge is 0.255 e. The number of benzene rings is 3. The maximum Gasteiger partial charge on any atom is 0.255 e. The van der Waals surface area contributed by atoms with E-state index >= 15 is 0 Å². The monoisotopic (exact) mass is 506 g/mol. The van der Waals surface area contributed by atoms with E-state index in [0.29, 0.717) is 22.5 Å². The van der Waals surface area contributed by atoms with Crippen molar-refractivity contribution >= 4 is 29.0 Å². The van der Waals surface area contributed by atoms with Crippen LogP contribution in [0.1, 0.15) is 39.1 Å². The van der Waals surface area contributed by atoms with Gasteiger partial charge in [0.05, 0.1) is 7.11 Å². The van der Waals surface area contributed by atoms with E-state index in [1.54, 1.807) is 43.6 Å². The van der Waals surface area contributed by atoms with Crippen LogP contribution in [0.25, 0.3) is 11.1 Å². The maximum atomic E-state index is 13.0. The Balaban J connectivity index is 1.29. The second kappa shape index (κ2) is 11.2. The van der Waals surface area contributed by atoms with E-state index in [4.69, 9.17) is 4.74 Å². The molecule has 0 saturated carbocycles. The highest BCUT2D eigenvalue weighted by atomic mass is 16.5. The molecule has 1 aliphatic heterocycles. The van der Waals surface area contributed by atoms with Crippen molar-refractivity contribution in [3.63, 3.8) is 0 Å². The molecule has 4 aromatic rings. The van der Waals surface area contributed by atoms with Crippen LogP contribution in [0, 0.1) is 6.92 Å². The lowest BCUT2D eigenvalue weighted by atomic mass is 9.97. The summed E-state index contributed by atoms with van der Waals surface area (Å²) in [6, 6.07) is 24.1. The van der Waals surface area contributed by atoms with Crippen LogP contribution in [0.2, 0.25) is 0 Å². The Morgan fingerprint density at radius 3 is 2.24 bits per heavy atom. The lowest BCUT2D eigenvalue weighted by Gasteiger charge is -2.16. The van der Waals surface area contributed by atoms with Crippen molar-refractivity contribution in [2.24, 2.45) is 0 Å². The maximum absolute atomic E-state index is 13.0. The summed E-state index contributed by atoms with van der Waals surface area (Å²) < 4.78 is 5.17. The largest absolute Gasteiger partial charge is 0.497 e. The fourth-order valence-electron chi connectivity index (χ4n) is 4.65. The molecule has 1 saturated heterocycles. The molecule has 1 fully saturated rings. The number of amides is 2. The number of carbonyl (C=O) groups excluding carboxylic acids is 2. The lowest BCUT2D eigenvalue weighted by molar-refractivity contribution is 0.101. The van der Waals surface area contributed by atoms with E-state index in [1.165, 1.54) is 0 Å². The summed E-state index contributed by atoms with van der Waals surface area (Å²) in [6.07, 6.45) is 3.99. The Labute approximate surface area is 222 Å². The number of rotatable bonds is 7. The van der Waals surface area contributed by atoms with Gasteiger partial charge < -0.3 is 20.3 Å². The number of carbonyl (C=O) groups is 2. The van der Waals surface area contributed by atoms with Gasteiger partial charge in [0.2, 0.25) is 0 Å². The molecular weight excluding hydrogens is 476 g/mol. The van der Waals surface area contributed by atoms with Gasteiger partial charge in [0.15, 0.2) is 0 Å². The highest BCUT2D eigenvalue weighted by Gasteiger charge is 2.16. The molecule has 0 bridgehead atoms. The summed E-state index contributed by atoms with van der Waals surface area (Å²) in [6.45, 7) is 3.92. The van der Waals surface area contributed by atoms with Gasteiger partial charge in [-0.1, -0.05) is 18.2 Å². The molecule has 3 aromatic carbocycles. The number of ether oxygens (including phenoxy) is 1. The fraction of sp³-hybridized carbons (Fsp3) is 0.194. The molecular formula is C31H30N4O3. The first-order valence-electron chi connectivity index (χ1n) is 12.7. The number of pyridine rings is 1. The normalized spacial score (nSPS) is 12.7. The molecule has 7 nitrogen and oxygen atoms in total. The van der Waals surface area contributed by atoms with Gasteiger partial charge in [-0.05, 0) is 97.1 Å². The van der Waals surface area contributed by atoms with Gasteiger partial charge >= 0.3 is 0 Å². The van der Waals surface area contributed by atoms with Gasteiger partial charge in [0.1, 0.15) is 11.6 Å². The minimum absolute atomic E-state index is 0.174. The highest BCUT2D eigenvalue weighted by Crippen LogP contribution is 2.28. The number of anilines is 3. The molecule has 0 unspecified atom stereocenters. The van der Waals surface area contributed by atoms with E-state index in [2.05, 4.69) is 20.5 Å². The first-order chi connectivity index (χ1) is 18.5. The predicted molar refractivity (Wildman–Crippen MR) is 151 cm³/mol. The number of nitrogens with one attached hydrogen (secondary N) is 2. The van der Waals surface area contributed by atoms with Crippen molar-refractivity contribution in [3.8, 4) is 16.9 Å². The zero-order chi connectivity index (χ0) is 26.5. The molecule has 38 heavy (non-hydrogen) atoms. The summed E-state index contributed by atoms with van der Waals surface area (Å²) in [5.41, 5.74) is 5.45. The van der Waals surface area contributed by atoms with Crippen LogP contribution in [0.4, 0.5) is 17.2 Å². The Morgan fingerprint density at radius 1 is 0.816 bits per heavy atom. The summed E-state index contributed by atoms with van der Waals surface area (Å²) >= 11 is 0. The van der Waals surface area contributed by atoms with Crippen LogP contribution >= 0.6 is 0 Å². The van der Waals surface area contributed by atoms with E-state index < -0.39 is 0 Å². The Kier molecular flexibility index (Phi) is 7.35. The molecule has 7 heteroatoms. The van der Waals surface area contributed by atoms with Crippen molar-refractivity contribution in [1.29, 1.82) is 0 Å². The summed E-state index contributed by atoms with van der Waals surface area (Å²) in [5, 5.41) is 5.93. The Bertz CT molecular complexity index is 1460. The summed E-state index contributed by atoms with van der Waals surface area (Å²) in [4.78, 5) is 32.4. The minimum atomic E-state index is -0.184. The minimum Gasteiger partial charge on any atom is -0.497 e. The van der Waals surface area contributed by atoms with Crippen LogP contribution in [0.15, 0.2) is 85.1 Å². The third-order valence-electron chi connectivity index (χ3n) is 6.71. The van der Waals surface area contributed by atoms with Crippen molar-refractivity contribution < 1.29 is 14.3 Å². The zero-order valence-electron chi connectivity index (χ0n) is 21.5. The Hall–Kier alpha value is -4.65. The first kappa shape index (κ1) is 25.0. The summed E-state index contributed by atoms with van der Waals surface area (Å²) in [5.74, 6) is 1.22. The number of aryl methyl sites for hydroxylation is 1. The van der Waals surface area contributed by atoms with Gasteiger partial charge in [-0.15, -0.1) is 0 Å². The lowest BCUT2D eigenvalue weighted by Crippen LogP contribution is -2.20. The van der Waals surface area contributed by atoms with Crippen molar-refractivity contribution in [3.05, 3.63) is 102 Å². The number of methoxy groups -OCH3 is 1. The standard InChI is InChI=1S/C31H30N4O3/c1-21-18-23(30(36)33-25-9-11-27(38-2)12-10-25)8-13-28(21)22-6-5-7-26(19-22)34-31(37)24-14-15-32-29(20-24)35-16-3-4-17-35/h5-15,18-20H,3-4,16-17H2,1-2H3,(H,33,36)(H,34,37). The molecule has 0 aliphatic carbocycles. The molecule has 0 atom stereocenters. The van der Waals surface area contributed by atoms with Crippen molar-refractivity contribution in [2.75, 3.05) is 35.7 Å². The Morgan fingerprint density at radius 2 is 1.53 bits per heavy atom.